The second-order valence-corrected chi connectivity index (χ2v) is 10.0. The molecule has 3 aromatic rings. The number of carbonyl (C=O) groups excluding carboxylic acids is 2. The maximum atomic E-state index is 13.0. The summed E-state index contributed by atoms with van der Waals surface area (Å²) in [5, 5.41) is 22.8. The summed E-state index contributed by atoms with van der Waals surface area (Å²) in [5.41, 5.74) is 3.60. The van der Waals surface area contributed by atoms with Crippen LogP contribution in [0.15, 0.2) is 42.7 Å². The van der Waals surface area contributed by atoms with Gasteiger partial charge in [-0.15, -0.1) is 0 Å². The first-order valence-corrected chi connectivity index (χ1v) is 12.7. The standard InChI is InChI=1S/C28H31N5O3/c1-32-17-24(19-9-12-33(13-10-19)28(36)20-2-5-22(34)6-3-20)23-15-21(4-7-26(23)32)31-27(35)25-14-18(16-29)8-11-30-25/h4,7-8,11,14-15,17,19-20,22,34H,2-3,5-6,9-10,12-13H2,1H3,(H,31,35)/t20-,22-. The van der Waals surface area contributed by atoms with Crippen molar-refractivity contribution in [2.24, 2.45) is 13.0 Å². The number of nitrogens with zero attached hydrogens (tertiary/aromatic N) is 4. The summed E-state index contributed by atoms with van der Waals surface area (Å²) in [7, 11) is 2.03. The number of pyridine rings is 1. The van der Waals surface area contributed by atoms with E-state index in [2.05, 4.69) is 21.1 Å². The Morgan fingerprint density at radius 3 is 2.56 bits per heavy atom. The molecule has 2 aliphatic rings. The number of aromatic nitrogens is 2. The number of rotatable bonds is 4. The topological polar surface area (TPSA) is 111 Å². The van der Waals surface area contributed by atoms with Crippen LogP contribution in [0.3, 0.4) is 0 Å². The Bertz CT molecular complexity index is 1320. The van der Waals surface area contributed by atoms with Crippen molar-refractivity contribution < 1.29 is 14.7 Å². The third-order valence-electron chi connectivity index (χ3n) is 7.69. The highest BCUT2D eigenvalue weighted by atomic mass is 16.3. The lowest BCUT2D eigenvalue weighted by Gasteiger charge is -2.35. The Kier molecular flexibility index (Phi) is 6.75. The minimum Gasteiger partial charge on any atom is -0.393 e. The molecule has 0 atom stereocenters. The molecule has 0 spiro atoms. The largest absolute Gasteiger partial charge is 0.393 e. The zero-order valence-electron chi connectivity index (χ0n) is 20.5. The fourth-order valence-electron chi connectivity index (χ4n) is 5.64. The lowest BCUT2D eigenvalue weighted by atomic mass is 9.85. The van der Waals surface area contributed by atoms with E-state index in [-0.39, 0.29) is 29.5 Å². The molecular weight excluding hydrogens is 454 g/mol. The number of carbonyl (C=O) groups is 2. The first kappa shape index (κ1) is 24.0. The molecule has 1 aliphatic heterocycles. The van der Waals surface area contributed by atoms with Crippen LogP contribution in [0.4, 0.5) is 5.69 Å². The van der Waals surface area contributed by atoms with E-state index in [4.69, 9.17) is 5.26 Å². The highest BCUT2D eigenvalue weighted by molar-refractivity contribution is 6.04. The summed E-state index contributed by atoms with van der Waals surface area (Å²) in [4.78, 5) is 31.8. The molecule has 0 bridgehead atoms. The zero-order valence-corrected chi connectivity index (χ0v) is 20.5. The fraction of sp³-hybridized carbons (Fsp3) is 0.429. The number of fused-ring (bicyclic) bond motifs is 1. The van der Waals surface area contributed by atoms with Gasteiger partial charge in [0.2, 0.25) is 5.91 Å². The van der Waals surface area contributed by atoms with E-state index in [1.54, 1.807) is 6.07 Å². The van der Waals surface area contributed by atoms with Crippen LogP contribution >= 0.6 is 0 Å². The second kappa shape index (κ2) is 10.1. The van der Waals surface area contributed by atoms with Crippen molar-refractivity contribution in [1.82, 2.24) is 14.5 Å². The maximum Gasteiger partial charge on any atom is 0.274 e. The Morgan fingerprint density at radius 2 is 1.83 bits per heavy atom. The number of aryl methyl sites for hydroxylation is 1. The average molecular weight is 486 g/mol. The predicted molar refractivity (Wildman–Crippen MR) is 136 cm³/mol. The first-order valence-electron chi connectivity index (χ1n) is 12.7. The van der Waals surface area contributed by atoms with Crippen LogP contribution in [0.1, 0.15) is 66.1 Å². The fourth-order valence-corrected chi connectivity index (χ4v) is 5.64. The van der Waals surface area contributed by atoms with E-state index >= 15 is 0 Å². The number of nitrogens with one attached hydrogen (secondary N) is 1. The Morgan fingerprint density at radius 1 is 1.08 bits per heavy atom. The number of anilines is 1. The van der Waals surface area contributed by atoms with Gasteiger partial charge in [-0.05, 0) is 80.3 Å². The summed E-state index contributed by atoms with van der Waals surface area (Å²) < 4.78 is 2.11. The Balaban J connectivity index is 1.29. The number of nitriles is 1. The lowest BCUT2D eigenvalue weighted by molar-refractivity contribution is -0.138. The molecule has 186 valence electrons. The number of aliphatic hydroxyl groups excluding tert-OH is 1. The summed E-state index contributed by atoms with van der Waals surface area (Å²) in [6, 6.07) is 11.0. The Hall–Kier alpha value is -3.70. The monoisotopic (exact) mass is 485 g/mol. The number of piperidine rings is 1. The zero-order chi connectivity index (χ0) is 25.2. The van der Waals surface area contributed by atoms with Gasteiger partial charge in [-0.3, -0.25) is 14.6 Å². The van der Waals surface area contributed by atoms with Gasteiger partial charge in [0, 0.05) is 55.0 Å². The SMILES string of the molecule is Cn1cc(C2CCN(C(=O)[C@H]3CC[C@H](O)CC3)CC2)c2cc(NC(=O)c3cc(C#N)ccn3)ccc21. The molecule has 1 saturated heterocycles. The predicted octanol–water partition coefficient (Wildman–Crippen LogP) is 3.95. The van der Waals surface area contributed by atoms with Crippen molar-refractivity contribution in [3.8, 4) is 6.07 Å². The molecule has 1 aliphatic carbocycles. The number of hydrogen-bond acceptors (Lipinski definition) is 5. The second-order valence-electron chi connectivity index (χ2n) is 10.0. The van der Waals surface area contributed by atoms with Gasteiger partial charge in [0.05, 0.1) is 17.7 Å². The molecule has 2 amide bonds. The van der Waals surface area contributed by atoms with E-state index < -0.39 is 0 Å². The van der Waals surface area contributed by atoms with Crippen molar-refractivity contribution in [1.29, 1.82) is 5.26 Å². The van der Waals surface area contributed by atoms with Gasteiger partial charge in [0.1, 0.15) is 5.69 Å². The Labute approximate surface area is 210 Å². The number of benzene rings is 1. The van der Waals surface area contributed by atoms with Gasteiger partial charge in [0.25, 0.3) is 5.91 Å². The van der Waals surface area contributed by atoms with E-state index in [0.29, 0.717) is 17.2 Å². The maximum absolute atomic E-state index is 13.0. The minimum atomic E-state index is -0.356. The number of likely N-dealkylation sites (tertiary alicyclic amines) is 1. The third kappa shape index (κ3) is 4.84. The molecule has 0 radical (unpaired) electrons. The van der Waals surface area contributed by atoms with Crippen molar-refractivity contribution >= 4 is 28.4 Å². The first-order chi connectivity index (χ1) is 17.4. The van der Waals surface area contributed by atoms with E-state index in [0.717, 1.165) is 62.5 Å². The lowest BCUT2D eigenvalue weighted by Crippen LogP contribution is -2.42. The highest BCUT2D eigenvalue weighted by Gasteiger charge is 2.32. The van der Waals surface area contributed by atoms with Crippen molar-refractivity contribution in [2.75, 3.05) is 18.4 Å². The molecule has 8 heteroatoms. The van der Waals surface area contributed by atoms with Gasteiger partial charge in [-0.2, -0.15) is 5.26 Å². The van der Waals surface area contributed by atoms with Crippen molar-refractivity contribution in [2.45, 2.75) is 50.5 Å². The molecule has 36 heavy (non-hydrogen) atoms. The average Bonchev–Trinajstić information content (AvgIpc) is 3.24. The van der Waals surface area contributed by atoms with Gasteiger partial charge >= 0.3 is 0 Å². The highest BCUT2D eigenvalue weighted by Crippen LogP contribution is 2.36. The molecule has 3 heterocycles. The van der Waals surface area contributed by atoms with Crippen LogP contribution in [0, 0.1) is 17.2 Å². The summed E-state index contributed by atoms with van der Waals surface area (Å²) in [6.45, 7) is 1.49. The molecule has 2 N–H and O–H groups in total. The molecule has 1 saturated carbocycles. The van der Waals surface area contributed by atoms with Crippen molar-refractivity contribution in [3.63, 3.8) is 0 Å². The number of aliphatic hydroxyl groups is 1. The summed E-state index contributed by atoms with van der Waals surface area (Å²) in [5.74, 6) is 0.284. The summed E-state index contributed by atoms with van der Waals surface area (Å²) >= 11 is 0. The molecule has 1 aromatic carbocycles. The van der Waals surface area contributed by atoms with Crippen LogP contribution in [-0.4, -0.2) is 50.6 Å². The number of hydrogen-bond donors (Lipinski definition) is 2. The van der Waals surface area contributed by atoms with Crippen LogP contribution in [-0.2, 0) is 11.8 Å². The van der Waals surface area contributed by atoms with Crippen molar-refractivity contribution in [3.05, 3.63) is 59.5 Å². The normalized spacial score (nSPS) is 20.8. The number of amides is 2. The molecule has 0 unspecified atom stereocenters. The van der Waals surface area contributed by atoms with Crippen LogP contribution < -0.4 is 5.32 Å². The van der Waals surface area contributed by atoms with Gasteiger partial charge in [0.15, 0.2) is 0 Å². The van der Waals surface area contributed by atoms with Gasteiger partial charge in [-0.25, -0.2) is 0 Å². The van der Waals surface area contributed by atoms with Crippen LogP contribution in [0.25, 0.3) is 10.9 Å². The molecule has 5 rings (SSSR count). The van der Waals surface area contributed by atoms with Crippen LogP contribution in [0.2, 0.25) is 0 Å². The summed E-state index contributed by atoms with van der Waals surface area (Å²) in [6.07, 6.45) is 8.20. The van der Waals surface area contributed by atoms with E-state index in [1.807, 2.05) is 36.2 Å². The van der Waals surface area contributed by atoms with Gasteiger partial charge < -0.3 is 19.9 Å². The molecular formula is C28H31N5O3. The van der Waals surface area contributed by atoms with Crippen LogP contribution in [0.5, 0.6) is 0 Å². The molecule has 2 aromatic heterocycles. The molecule has 8 nitrogen and oxygen atoms in total. The third-order valence-corrected chi connectivity index (χ3v) is 7.69. The van der Waals surface area contributed by atoms with E-state index in [9.17, 15) is 14.7 Å². The molecule has 2 fully saturated rings. The smallest absolute Gasteiger partial charge is 0.274 e. The quantitative estimate of drug-likeness (QED) is 0.581. The van der Waals surface area contributed by atoms with Gasteiger partial charge in [-0.1, -0.05) is 0 Å². The van der Waals surface area contributed by atoms with E-state index in [1.165, 1.54) is 17.8 Å². The minimum absolute atomic E-state index is 0.0528.